The number of benzene rings is 1. The number of fused-ring (bicyclic) bond motifs is 1. The number of hydrogen-bond donors (Lipinski definition) is 0. The van der Waals surface area contributed by atoms with Crippen LogP contribution in [0.15, 0.2) is 35.4 Å². The highest BCUT2D eigenvalue weighted by Gasteiger charge is 2.58. The number of carbonyl (C=O) groups is 1. The molecule has 3 atom stereocenters. The first-order valence-electron chi connectivity index (χ1n) is 11.4. The molecule has 30 heavy (non-hydrogen) atoms. The number of hydrazone groups is 1. The number of hydrogen-bond acceptors (Lipinski definition) is 5. The summed E-state index contributed by atoms with van der Waals surface area (Å²) in [7, 11) is 0. The molecule has 6 heteroatoms. The van der Waals surface area contributed by atoms with Crippen molar-refractivity contribution in [2.45, 2.75) is 71.6 Å². The largest absolute Gasteiger partial charge is 0.452 e. The number of ether oxygens (including phenoxy) is 2. The fraction of sp³-hybridized carbons (Fsp3) is 0.667. The summed E-state index contributed by atoms with van der Waals surface area (Å²) in [6.07, 6.45) is 4.79. The molecule has 1 aromatic rings. The van der Waals surface area contributed by atoms with E-state index in [4.69, 9.17) is 14.6 Å². The molecule has 2 heterocycles. The third kappa shape index (κ3) is 3.82. The Balaban J connectivity index is 1.79. The van der Waals surface area contributed by atoms with Crippen LogP contribution in [0.5, 0.6) is 0 Å². The van der Waals surface area contributed by atoms with E-state index in [1.165, 1.54) is 0 Å². The summed E-state index contributed by atoms with van der Waals surface area (Å²) in [6, 6.07) is 9.74. The first-order chi connectivity index (χ1) is 14.3. The van der Waals surface area contributed by atoms with Crippen molar-refractivity contribution < 1.29 is 14.3 Å². The van der Waals surface area contributed by atoms with Gasteiger partial charge in [0.25, 0.3) is 0 Å². The lowest BCUT2D eigenvalue weighted by Gasteiger charge is -2.56. The zero-order valence-corrected chi connectivity index (χ0v) is 18.8. The summed E-state index contributed by atoms with van der Waals surface area (Å²) in [4.78, 5) is 15.5. The van der Waals surface area contributed by atoms with Crippen molar-refractivity contribution in [2.75, 3.05) is 19.7 Å². The molecule has 1 amide bonds. The minimum absolute atomic E-state index is 0.153. The zero-order chi connectivity index (χ0) is 21.4. The predicted molar refractivity (Wildman–Crippen MR) is 117 cm³/mol. The maximum absolute atomic E-state index is 13.1. The van der Waals surface area contributed by atoms with Crippen LogP contribution in [0, 0.1) is 11.3 Å². The van der Waals surface area contributed by atoms with Gasteiger partial charge in [0.15, 0.2) is 5.72 Å². The first kappa shape index (κ1) is 21.2. The standard InChI is InChI=1S/C24H35N3O3/c1-5-29-22(28)27-20-17-19(23(2,3)4)13-14-24(20,26-15-9-10-16-26)30-21(25-27)18-11-7-6-8-12-18/h6-8,11-12,19-20H,5,9-10,13-17H2,1-4H3/t19-,20-,24+/m1/s1. The molecular weight excluding hydrogens is 378 g/mol. The van der Waals surface area contributed by atoms with E-state index in [0.717, 1.165) is 50.8 Å². The van der Waals surface area contributed by atoms with E-state index in [1.54, 1.807) is 5.01 Å². The summed E-state index contributed by atoms with van der Waals surface area (Å²) in [5.41, 5.74) is 0.514. The van der Waals surface area contributed by atoms with Gasteiger partial charge in [-0.25, -0.2) is 4.79 Å². The minimum atomic E-state index is -0.544. The number of likely N-dealkylation sites (tertiary alicyclic amines) is 1. The Kier molecular flexibility index (Phi) is 5.80. The molecule has 6 nitrogen and oxygen atoms in total. The fourth-order valence-electron chi connectivity index (χ4n) is 5.26. The van der Waals surface area contributed by atoms with Gasteiger partial charge in [0, 0.05) is 25.1 Å². The molecule has 3 aliphatic rings. The average molecular weight is 414 g/mol. The minimum Gasteiger partial charge on any atom is -0.452 e. The SMILES string of the molecule is CCOC(=O)N1N=C(c2ccccc2)O[C@@]2(N3CCCC3)CC[C@@H](C(C)(C)C)C[C@@H]12. The molecule has 0 spiro atoms. The van der Waals surface area contributed by atoms with Gasteiger partial charge in [0.2, 0.25) is 5.90 Å². The lowest BCUT2D eigenvalue weighted by molar-refractivity contribution is -0.182. The van der Waals surface area contributed by atoms with Crippen LogP contribution in [0.2, 0.25) is 0 Å². The van der Waals surface area contributed by atoms with E-state index in [2.05, 4.69) is 25.7 Å². The van der Waals surface area contributed by atoms with Crippen molar-refractivity contribution in [3.63, 3.8) is 0 Å². The van der Waals surface area contributed by atoms with Gasteiger partial charge in [0.1, 0.15) is 6.04 Å². The van der Waals surface area contributed by atoms with Crippen LogP contribution in [0.1, 0.15) is 65.4 Å². The number of rotatable bonds is 3. The lowest BCUT2D eigenvalue weighted by atomic mass is 9.67. The molecule has 0 aromatic heterocycles. The average Bonchev–Trinajstić information content (AvgIpc) is 3.28. The molecule has 1 aromatic carbocycles. The topological polar surface area (TPSA) is 54.4 Å². The molecule has 2 aliphatic heterocycles. The second-order valence-electron chi connectivity index (χ2n) is 9.81. The molecule has 4 rings (SSSR count). The Bertz CT molecular complexity index is 783. The molecule has 1 aliphatic carbocycles. The molecule has 164 valence electrons. The van der Waals surface area contributed by atoms with Gasteiger partial charge in [-0.15, -0.1) is 5.10 Å². The van der Waals surface area contributed by atoms with Crippen molar-refractivity contribution in [1.29, 1.82) is 0 Å². The second kappa shape index (κ2) is 8.22. The summed E-state index contributed by atoms with van der Waals surface area (Å²) < 4.78 is 12.2. The third-order valence-corrected chi connectivity index (χ3v) is 6.99. The molecule has 1 saturated carbocycles. The maximum atomic E-state index is 13.1. The monoisotopic (exact) mass is 413 g/mol. The molecular formula is C24H35N3O3. The van der Waals surface area contributed by atoms with E-state index < -0.39 is 5.72 Å². The highest BCUT2D eigenvalue weighted by Crippen LogP contribution is 2.49. The van der Waals surface area contributed by atoms with Crippen LogP contribution in [0.4, 0.5) is 4.79 Å². The molecule has 0 radical (unpaired) electrons. The summed E-state index contributed by atoms with van der Waals surface area (Å²) in [5, 5.41) is 6.32. The van der Waals surface area contributed by atoms with E-state index >= 15 is 0 Å². The third-order valence-electron chi connectivity index (χ3n) is 6.99. The van der Waals surface area contributed by atoms with Crippen molar-refractivity contribution >= 4 is 12.0 Å². The van der Waals surface area contributed by atoms with Crippen LogP contribution < -0.4 is 0 Å². The highest BCUT2D eigenvalue weighted by molar-refractivity contribution is 5.95. The summed E-state index contributed by atoms with van der Waals surface area (Å²) in [5.74, 6) is 1.01. The smallest absolute Gasteiger partial charge is 0.430 e. The first-order valence-corrected chi connectivity index (χ1v) is 11.4. The molecule has 0 N–H and O–H groups in total. The Morgan fingerprint density at radius 2 is 1.93 bits per heavy atom. The Morgan fingerprint density at radius 3 is 2.57 bits per heavy atom. The Hall–Kier alpha value is -2.08. The van der Waals surface area contributed by atoms with E-state index in [9.17, 15) is 4.79 Å². The fourth-order valence-corrected chi connectivity index (χ4v) is 5.26. The zero-order valence-electron chi connectivity index (χ0n) is 18.8. The number of amides is 1. The summed E-state index contributed by atoms with van der Waals surface area (Å²) >= 11 is 0. The molecule has 0 unspecified atom stereocenters. The van der Waals surface area contributed by atoms with Crippen LogP contribution in [-0.2, 0) is 9.47 Å². The van der Waals surface area contributed by atoms with Gasteiger partial charge in [0.05, 0.1) is 6.61 Å². The van der Waals surface area contributed by atoms with Crippen molar-refractivity contribution in [1.82, 2.24) is 9.91 Å². The molecule has 2 fully saturated rings. The lowest BCUT2D eigenvalue weighted by Crippen LogP contribution is -2.68. The van der Waals surface area contributed by atoms with Crippen LogP contribution >= 0.6 is 0 Å². The van der Waals surface area contributed by atoms with E-state index in [1.807, 2.05) is 37.3 Å². The van der Waals surface area contributed by atoms with Gasteiger partial charge in [-0.3, -0.25) is 4.90 Å². The number of nitrogens with zero attached hydrogens (tertiary/aromatic N) is 3. The van der Waals surface area contributed by atoms with Crippen LogP contribution in [0.3, 0.4) is 0 Å². The second-order valence-corrected chi connectivity index (χ2v) is 9.81. The van der Waals surface area contributed by atoms with Crippen LogP contribution in [-0.4, -0.2) is 53.4 Å². The quantitative estimate of drug-likeness (QED) is 0.711. The van der Waals surface area contributed by atoms with Crippen molar-refractivity contribution in [3.05, 3.63) is 35.9 Å². The van der Waals surface area contributed by atoms with Gasteiger partial charge < -0.3 is 9.47 Å². The van der Waals surface area contributed by atoms with Crippen molar-refractivity contribution in [2.24, 2.45) is 16.4 Å². The Morgan fingerprint density at radius 1 is 1.23 bits per heavy atom. The maximum Gasteiger partial charge on any atom is 0.430 e. The molecule has 1 saturated heterocycles. The van der Waals surface area contributed by atoms with E-state index in [0.29, 0.717) is 18.4 Å². The molecule has 0 bridgehead atoms. The predicted octanol–water partition coefficient (Wildman–Crippen LogP) is 4.84. The van der Waals surface area contributed by atoms with Crippen molar-refractivity contribution in [3.8, 4) is 0 Å². The normalized spacial score (nSPS) is 29.7. The van der Waals surface area contributed by atoms with Gasteiger partial charge >= 0.3 is 6.09 Å². The highest BCUT2D eigenvalue weighted by atomic mass is 16.6. The number of carbonyl (C=O) groups excluding carboxylic acids is 1. The van der Waals surface area contributed by atoms with Gasteiger partial charge in [-0.2, -0.15) is 5.01 Å². The van der Waals surface area contributed by atoms with Gasteiger partial charge in [-0.1, -0.05) is 39.0 Å². The Labute approximate surface area is 180 Å². The van der Waals surface area contributed by atoms with Gasteiger partial charge in [-0.05, 0) is 56.1 Å². The van der Waals surface area contributed by atoms with E-state index in [-0.39, 0.29) is 17.6 Å². The van der Waals surface area contributed by atoms with Crippen LogP contribution in [0.25, 0.3) is 0 Å². The summed E-state index contributed by atoms with van der Waals surface area (Å²) in [6.45, 7) is 11.0.